The van der Waals surface area contributed by atoms with E-state index in [1.54, 1.807) is 0 Å². The van der Waals surface area contributed by atoms with Gasteiger partial charge in [0.05, 0.1) is 0 Å². The Bertz CT molecular complexity index is 352. The monoisotopic (exact) mass is 234 g/mol. The highest BCUT2D eigenvalue weighted by Gasteiger charge is 2.17. The largest absolute Gasteiger partial charge is 0.354 e. The summed E-state index contributed by atoms with van der Waals surface area (Å²) in [4.78, 5) is 6.85. The maximum Gasteiger partial charge on any atom is 0.203 e. The standard InChI is InChI=1S/C13H22N4/c1-3-7-17-10-6-14-13(17)15-11-12(2)16-8-4-5-9-16/h3,6,10,12H,1,4-5,7-9,11H2,2H3,(H,14,15). The molecule has 17 heavy (non-hydrogen) atoms. The highest BCUT2D eigenvalue weighted by Crippen LogP contribution is 2.12. The zero-order chi connectivity index (χ0) is 12.1. The first-order valence-corrected chi connectivity index (χ1v) is 6.41. The number of hydrogen-bond donors (Lipinski definition) is 1. The minimum atomic E-state index is 0.575. The van der Waals surface area contributed by atoms with Crippen LogP contribution in [0.1, 0.15) is 19.8 Å². The topological polar surface area (TPSA) is 33.1 Å². The van der Waals surface area contributed by atoms with Crippen LogP contribution in [0.3, 0.4) is 0 Å². The van der Waals surface area contributed by atoms with Crippen LogP contribution in [0.4, 0.5) is 5.95 Å². The second kappa shape index (κ2) is 5.87. The number of nitrogens with zero attached hydrogens (tertiary/aromatic N) is 3. The van der Waals surface area contributed by atoms with Crippen LogP contribution in [0.25, 0.3) is 0 Å². The van der Waals surface area contributed by atoms with Gasteiger partial charge in [0.1, 0.15) is 0 Å². The molecule has 0 saturated carbocycles. The number of hydrogen-bond acceptors (Lipinski definition) is 3. The molecule has 1 fully saturated rings. The average molecular weight is 234 g/mol. The Labute approximate surface area is 103 Å². The SMILES string of the molecule is C=CCn1ccnc1NCC(C)N1CCCC1. The summed E-state index contributed by atoms with van der Waals surface area (Å²) >= 11 is 0. The normalized spacial score (nSPS) is 18.2. The highest BCUT2D eigenvalue weighted by atomic mass is 15.2. The van der Waals surface area contributed by atoms with Crippen LogP contribution >= 0.6 is 0 Å². The first-order valence-electron chi connectivity index (χ1n) is 6.41. The third-order valence-corrected chi connectivity index (χ3v) is 3.36. The van der Waals surface area contributed by atoms with Crippen LogP contribution in [-0.2, 0) is 6.54 Å². The van der Waals surface area contributed by atoms with Crippen molar-refractivity contribution in [2.75, 3.05) is 25.0 Å². The molecule has 0 amide bonds. The maximum atomic E-state index is 4.32. The summed E-state index contributed by atoms with van der Waals surface area (Å²) in [6.07, 6.45) is 8.37. The molecule has 0 radical (unpaired) electrons. The average Bonchev–Trinajstić information content (AvgIpc) is 2.97. The number of likely N-dealkylation sites (tertiary alicyclic amines) is 1. The van der Waals surface area contributed by atoms with Gasteiger partial charge in [-0.3, -0.25) is 4.90 Å². The molecule has 1 aliphatic rings. The summed E-state index contributed by atoms with van der Waals surface area (Å²) in [6.45, 7) is 10.3. The van der Waals surface area contributed by atoms with E-state index >= 15 is 0 Å². The van der Waals surface area contributed by atoms with Gasteiger partial charge in [0, 0.05) is 31.5 Å². The Kier molecular flexibility index (Phi) is 4.20. The summed E-state index contributed by atoms with van der Waals surface area (Å²) < 4.78 is 2.07. The van der Waals surface area contributed by atoms with Crippen molar-refractivity contribution in [3.8, 4) is 0 Å². The number of anilines is 1. The van der Waals surface area contributed by atoms with Gasteiger partial charge in [-0.15, -0.1) is 6.58 Å². The molecule has 0 spiro atoms. The third-order valence-electron chi connectivity index (χ3n) is 3.36. The van der Waals surface area contributed by atoms with Crippen molar-refractivity contribution >= 4 is 5.95 Å². The Morgan fingerprint density at radius 1 is 1.53 bits per heavy atom. The molecule has 2 rings (SSSR count). The predicted molar refractivity (Wildman–Crippen MR) is 71.2 cm³/mol. The smallest absolute Gasteiger partial charge is 0.203 e. The van der Waals surface area contributed by atoms with Crippen molar-refractivity contribution in [3.05, 3.63) is 25.0 Å². The number of rotatable bonds is 6. The van der Waals surface area contributed by atoms with Crippen molar-refractivity contribution in [1.29, 1.82) is 0 Å². The third kappa shape index (κ3) is 3.09. The van der Waals surface area contributed by atoms with Gasteiger partial charge in [-0.2, -0.15) is 0 Å². The molecule has 1 atom stereocenters. The van der Waals surface area contributed by atoms with Gasteiger partial charge in [-0.05, 0) is 32.9 Å². The molecule has 94 valence electrons. The van der Waals surface area contributed by atoms with E-state index in [2.05, 4.69) is 33.3 Å². The molecule has 0 aromatic carbocycles. The first kappa shape index (κ1) is 12.2. The lowest BCUT2D eigenvalue weighted by Gasteiger charge is -2.24. The van der Waals surface area contributed by atoms with Gasteiger partial charge in [0.25, 0.3) is 0 Å². The molecule has 4 heteroatoms. The van der Waals surface area contributed by atoms with E-state index in [1.165, 1.54) is 25.9 Å². The molecule has 1 unspecified atom stereocenters. The van der Waals surface area contributed by atoms with E-state index in [0.717, 1.165) is 19.0 Å². The summed E-state index contributed by atoms with van der Waals surface area (Å²) in [5.74, 6) is 0.941. The van der Waals surface area contributed by atoms with E-state index in [9.17, 15) is 0 Å². The van der Waals surface area contributed by atoms with E-state index in [-0.39, 0.29) is 0 Å². The molecule has 1 N–H and O–H groups in total. The second-order valence-corrected chi connectivity index (χ2v) is 4.66. The molecule has 0 bridgehead atoms. The Morgan fingerprint density at radius 2 is 2.29 bits per heavy atom. The van der Waals surface area contributed by atoms with Crippen LogP contribution in [-0.4, -0.2) is 40.1 Å². The van der Waals surface area contributed by atoms with Crippen LogP contribution in [0.5, 0.6) is 0 Å². The molecule has 0 aliphatic carbocycles. The number of nitrogens with one attached hydrogen (secondary N) is 1. The number of allylic oxidation sites excluding steroid dienone is 1. The molecule has 1 aromatic heterocycles. The first-order chi connectivity index (χ1) is 8.31. The maximum absolute atomic E-state index is 4.32. The molecule has 1 aromatic rings. The van der Waals surface area contributed by atoms with Crippen LogP contribution in [0.15, 0.2) is 25.0 Å². The van der Waals surface area contributed by atoms with Crippen molar-refractivity contribution in [1.82, 2.24) is 14.5 Å². The molecular weight excluding hydrogens is 212 g/mol. The molecular formula is C13H22N4. The van der Waals surface area contributed by atoms with Gasteiger partial charge in [-0.25, -0.2) is 4.98 Å². The van der Waals surface area contributed by atoms with E-state index in [4.69, 9.17) is 0 Å². The van der Waals surface area contributed by atoms with Crippen LogP contribution in [0.2, 0.25) is 0 Å². The minimum Gasteiger partial charge on any atom is -0.354 e. The van der Waals surface area contributed by atoms with Crippen LogP contribution in [0, 0.1) is 0 Å². The minimum absolute atomic E-state index is 0.575. The van der Waals surface area contributed by atoms with Gasteiger partial charge in [0.2, 0.25) is 5.95 Å². The predicted octanol–water partition coefficient (Wildman–Crippen LogP) is 1.97. The highest BCUT2D eigenvalue weighted by molar-refractivity contribution is 5.26. The Hall–Kier alpha value is -1.29. The molecule has 1 aliphatic heterocycles. The summed E-state index contributed by atoms with van der Waals surface area (Å²) in [5.41, 5.74) is 0. The van der Waals surface area contributed by atoms with Crippen molar-refractivity contribution < 1.29 is 0 Å². The van der Waals surface area contributed by atoms with Crippen molar-refractivity contribution in [2.24, 2.45) is 0 Å². The zero-order valence-electron chi connectivity index (χ0n) is 10.6. The quantitative estimate of drug-likeness (QED) is 0.764. The number of imidazole rings is 1. The van der Waals surface area contributed by atoms with Crippen molar-refractivity contribution in [3.63, 3.8) is 0 Å². The zero-order valence-corrected chi connectivity index (χ0v) is 10.6. The molecule has 4 nitrogen and oxygen atoms in total. The Morgan fingerprint density at radius 3 is 3.00 bits per heavy atom. The summed E-state index contributed by atoms with van der Waals surface area (Å²) in [6, 6.07) is 0.575. The second-order valence-electron chi connectivity index (χ2n) is 4.66. The van der Waals surface area contributed by atoms with Crippen molar-refractivity contribution in [2.45, 2.75) is 32.4 Å². The Balaban J connectivity index is 1.83. The van der Waals surface area contributed by atoms with Gasteiger partial charge in [0.15, 0.2) is 0 Å². The molecule has 2 heterocycles. The lowest BCUT2D eigenvalue weighted by atomic mass is 10.3. The van der Waals surface area contributed by atoms with E-state index in [0.29, 0.717) is 6.04 Å². The fraction of sp³-hybridized carbons (Fsp3) is 0.615. The van der Waals surface area contributed by atoms with Gasteiger partial charge < -0.3 is 9.88 Å². The van der Waals surface area contributed by atoms with Gasteiger partial charge in [-0.1, -0.05) is 6.08 Å². The summed E-state index contributed by atoms with van der Waals surface area (Å²) in [5, 5.41) is 3.42. The van der Waals surface area contributed by atoms with E-state index < -0.39 is 0 Å². The van der Waals surface area contributed by atoms with E-state index in [1.807, 2.05) is 18.5 Å². The fourth-order valence-electron chi connectivity index (χ4n) is 2.31. The number of aromatic nitrogens is 2. The lowest BCUT2D eigenvalue weighted by molar-refractivity contribution is 0.269. The fourth-order valence-corrected chi connectivity index (χ4v) is 2.31. The summed E-state index contributed by atoms with van der Waals surface area (Å²) in [7, 11) is 0. The van der Waals surface area contributed by atoms with Crippen LogP contribution < -0.4 is 5.32 Å². The van der Waals surface area contributed by atoms with Gasteiger partial charge >= 0.3 is 0 Å². The lowest BCUT2D eigenvalue weighted by Crippen LogP contribution is -2.36. The molecule has 1 saturated heterocycles.